The normalized spacial score (nSPS) is 15.0. The van der Waals surface area contributed by atoms with Crippen LogP contribution >= 0.6 is 0 Å². The number of aliphatic carboxylic acids is 1. The molecule has 0 aromatic heterocycles. The third kappa shape index (κ3) is 20.3. The van der Waals surface area contributed by atoms with E-state index in [-0.39, 0.29) is 50.4 Å². The summed E-state index contributed by atoms with van der Waals surface area (Å²) in [6.07, 6.45) is 4.58. The first kappa shape index (κ1) is 54.5. The highest BCUT2D eigenvalue weighted by Gasteiger charge is 2.36. The van der Waals surface area contributed by atoms with Crippen molar-refractivity contribution < 1.29 is 48.3 Å². The smallest absolute Gasteiger partial charge is 0.326 e. The molecule has 8 amide bonds. The molecule has 18 heteroatoms. The number of rotatable bonds is 31. The minimum atomic E-state index is -1.44. The van der Waals surface area contributed by atoms with Crippen molar-refractivity contribution in [2.45, 2.75) is 168 Å². The lowest BCUT2D eigenvalue weighted by atomic mass is 9.95. The molecule has 8 atom stereocenters. The predicted octanol–water partition coefficient (Wildman–Crippen LogP) is 1.86. The number of unbranched alkanes of at least 4 members (excludes halogenated alkanes) is 4. The summed E-state index contributed by atoms with van der Waals surface area (Å²) in [6.45, 7) is 12.4. The summed E-state index contributed by atoms with van der Waals surface area (Å²) in [5.41, 5.74) is 11.5. The molecule has 1 aromatic carbocycles. The van der Waals surface area contributed by atoms with Gasteiger partial charge in [0, 0.05) is 25.7 Å². The zero-order chi connectivity index (χ0) is 46.9. The fourth-order valence-corrected chi connectivity index (χ4v) is 6.53. The minimum absolute atomic E-state index is 0.0258. The Kier molecular flexibility index (Phi) is 25.4. The molecule has 0 bridgehead atoms. The van der Waals surface area contributed by atoms with Gasteiger partial charge in [-0.15, -0.1) is 0 Å². The maximum Gasteiger partial charge on any atom is 0.326 e. The molecule has 0 saturated heterocycles. The molecule has 0 unspecified atom stereocenters. The molecular weight excluding hydrogens is 801 g/mol. The Hall–Kier alpha value is -5.55. The van der Waals surface area contributed by atoms with Crippen molar-refractivity contribution in [1.29, 1.82) is 0 Å². The summed E-state index contributed by atoms with van der Waals surface area (Å²) < 4.78 is 0. The Morgan fingerprint density at radius 3 is 1.40 bits per heavy atom. The quantitative estimate of drug-likeness (QED) is 0.0488. The molecular formula is C44H72N8O10. The van der Waals surface area contributed by atoms with Crippen molar-refractivity contribution in [3.63, 3.8) is 0 Å². The molecule has 0 aliphatic heterocycles. The van der Waals surface area contributed by atoms with Crippen LogP contribution < -0.4 is 43.4 Å². The first-order chi connectivity index (χ1) is 29.2. The largest absolute Gasteiger partial charge is 0.480 e. The van der Waals surface area contributed by atoms with Crippen LogP contribution in [-0.2, 0) is 49.6 Å². The van der Waals surface area contributed by atoms with Gasteiger partial charge in [0.1, 0.15) is 36.3 Å². The van der Waals surface area contributed by atoms with Gasteiger partial charge in [0.2, 0.25) is 47.3 Å². The first-order valence-corrected chi connectivity index (χ1v) is 21.9. The maximum atomic E-state index is 14.0. The maximum absolute atomic E-state index is 14.0. The number of nitrogens with one attached hydrogen (secondary N) is 6. The summed E-state index contributed by atoms with van der Waals surface area (Å²) in [7, 11) is 0. The van der Waals surface area contributed by atoms with E-state index in [1.165, 1.54) is 0 Å². The molecule has 0 aliphatic carbocycles. The van der Waals surface area contributed by atoms with Gasteiger partial charge >= 0.3 is 5.97 Å². The molecule has 62 heavy (non-hydrogen) atoms. The number of carboxylic acid groups (broad SMARTS) is 1. The average molecular weight is 873 g/mol. The van der Waals surface area contributed by atoms with Crippen LogP contribution in [0, 0.1) is 17.8 Å². The summed E-state index contributed by atoms with van der Waals surface area (Å²) >= 11 is 0. The van der Waals surface area contributed by atoms with Crippen molar-refractivity contribution in [3.05, 3.63) is 35.9 Å². The van der Waals surface area contributed by atoms with Crippen molar-refractivity contribution >= 4 is 53.2 Å². The molecule has 11 N–H and O–H groups in total. The number of carboxylic acids is 1. The molecule has 0 saturated carbocycles. The standard InChI is InChI=1S/C44H72N8O10/c1-8-11-12-13-17-20-35(55)50-37(27(6)9-2)42(59)47-31(22-24-34(46)54)40(57)52-38(28(7)10-3)43(60)48-30(21-23-33(45)53)39(56)51-36(26(4)5)41(58)49-32(44(61)62)25-29-18-15-14-16-19-29/h14-16,18-19,26-28,30-32,36-38H,8-13,17,20-25H2,1-7H3,(H2,45,53)(H2,46,54)(H,47,59)(H,48,60)(H,49,58)(H,50,55)(H,51,56)(H,52,57)(H,61,62)/t27-,28-,30+,31-,32-,36-,37-,38-/m0/s1. The van der Waals surface area contributed by atoms with Gasteiger partial charge in [-0.2, -0.15) is 0 Å². The van der Waals surface area contributed by atoms with E-state index >= 15 is 0 Å². The molecule has 1 rings (SSSR count). The van der Waals surface area contributed by atoms with E-state index in [0.29, 0.717) is 24.8 Å². The number of benzene rings is 1. The third-order valence-corrected chi connectivity index (χ3v) is 10.9. The Morgan fingerprint density at radius 2 is 0.968 bits per heavy atom. The summed E-state index contributed by atoms with van der Waals surface area (Å²) in [6, 6.07) is 0.967. The number of nitrogens with two attached hydrogens (primary N) is 2. The molecule has 0 radical (unpaired) electrons. The van der Waals surface area contributed by atoms with Gasteiger partial charge in [0.15, 0.2) is 0 Å². The third-order valence-electron chi connectivity index (χ3n) is 10.9. The lowest BCUT2D eigenvalue weighted by Crippen LogP contribution is -2.61. The van der Waals surface area contributed by atoms with Gasteiger partial charge in [-0.1, -0.05) is 117 Å². The van der Waals surface area contributed by atoms with Crippen LogP contribution in [0.2, 0.25) is 0 Å². The van der Waals surface area contributed by atoms with Crippen molar-refractivity contribution in [2.24, 2.45) is 29.2 Å². The lowest BCUT2D eigenvalue weighted by Gasteiger charge is -2.30. The van der Waals surface area contributed by atoms with Crippen LogP contribution in [0.1, 0.15) is 131 Å². The van der Waals surface area contributed by atoms with E-state index in [2.05, 4.69) is 38.8 Å². The van der Waals surface area contributed by atoms with Crippen molar-refractivity contribution in [3.8, 4) is 0 Å². The zero-order valence-corrected chi connectivity index (χ0v) is 37.6. The van der Waals surface area contributed by atoms with Gasteiger partial charge in [-0.05, 0) is 42.6 Å². The van der Waals surface area contributed by atoms with E-state index in [1.54, 1.807) is 65.0 Å². The van der Waals surface area contributed by atoms with Gasteiger partial charge in [0.25, 0.3) is 0 Å². The molecule has 0 heterocycles. The highest BCUT2D eigenvalue weighted by molar-refractivity contribution is 5.97. The Balaban J connectivity index is 3.33. The fraction of sp³-hybridized carbons (Fsp3) is 0.659. The van der Waals surface area contributed by atoms with Gasteiger partial charge in [0.05, 0.1) is 0 Å². The molecule has 1 aromatic rings. The topological polar surface area (TPSA) is 298 Å². The number of hydrogen-bond acceptors (Lipinski definition) is 9. The molecule has 0 spiro atoms. The van der Waals surface area contributed by atoms with Crippen LogP contribution in [0.25, 0.3) is 0 Å². The first-order valence-electron chi connectivity index (χ1n) is 21.9. The van der Waals surface area contributed by atoms with Crippen LogP contribution in [-0.4, -0.2) is 94.6 Å². The number of hydrogen-bond donors (Lipinski definition) is 9. The second kappa shape index (κ2) is 28.9. The number of amides is 8. The second-order valence-electron chi connectivity index (χ2n) is 16.4. The summed E-state index contributed by atoms with van der Waals surface area (Å²) in [5.74, 6) is -8.53. The zero-order valence-electron chi connectivity index (χ0n) is 37.6. The SMILES string of the molecule is CCCCCCCC(=O)N[C@H](C(=O)N[C@@H](CCC(N)=O)C(=O)N[C@H](C(=O)N[C@H](CCC(N)=O)C(=O)N[C@H](C(=O)N[C@@H](Cc1ccccc1)C(=O)O)C(C)C)[C@@H](C)CC)[C@@H](C)CC. The fourth-order valence-electron chi connectivity index (χ4n) is 6.53. The van der Waals surface area contributed by atoms with E-state index in [4.69, 9.17) is 11.5 Å². The summed E-state index contributed by atoms with van der Waals surface area (Å²) in [5, 5.41) is 25.6. The molecule has 0 fully saturated rings. The highest BCUT2D eigenvalue weighted by Crippen LogP contribution is 2.14. The highest BCUT2D eigenvalue weighted by atomic mass is 16.4. The van der Waals surface area contributed by atoms with Crippen molar-refractivity contribution in [1.82, 2.24) is 31.9 Å². The number of primary amides is 2. The van der Waals surface area contributed by atoms with E-state index in [9.17, 15) is 48.3 Å². The average Bonchev–Trinajstić information content (AvgIpc) is 3.22. The predicted molar refractivity (Wildman–Crippen MR) is 233 cm³/mol. The van der Waals surface area contributed by atoms with Crippen LogP contribution in [0.4, 0.5) is 0 Å². The van der Waals surface area contributed by atoms with Crippen LogP contribution in [0.3, 0.4) is 0 Å². The Labute approximate surface area is 366 Å². The minimum Gasteiger partial charge on any atom is -0.480 e. The number of carbonyl (C=O) groups excluding carboxylic acids is 8. The second-order valence-corrected chi connectivity index (χ2v) is 16.4. The lowest BCUT2D eigenvalue weighted by molar-refractivity contribution is -0.142. The monoisotopic (exact) mass is 873 g/mol. The molecule has 348 valence electrons. The molecule has 18 nitrogen and oxygen atoms in total. The van der Waals surface area contributed by atoms with E-state index < -0.39 is 95.4 Å². The molecule has 0 aliphatic rings. The van der Waals surface area contributed by atoms with Gasteiger partial charge in [-0.3, -0.25) is 38.4 Å². The van der Waals surface area contributed by atoms with E-state index in [0.717, 1.165) is 25.7 Å². The van der Waals surface area contributed by atoms with Crippen molar-refractivity contribution in [2.75, 3.05) is 0 Å². The van der Waals surface area contributed by atoms with Gasteiger partial charge in [-0.25, -0.2) is 4.79 Å². The van der Waals surface area contributed by atoms with Gasteiger partial charge < -0.3 is 48.5 Å². The Morgan fingerprint density at radius 1 is 0.532 bits per heavy atom. The number of carbonyl (C=O) groups is 9. The van der Waals surface area contributed by atoms with E-state index in [1.807, 2.05) is 6.92 Å². The Bertz CT molecular complexity index is 1640. The summed E-state index contributed by atoms with van der Waals surface area (Å²) in [4.78, 5) is 118. The van der Waals surface area contributed by atoms with Crippen LogP contribution in [0.15, 0.2) is 30.3 Å². The van der Waals surface area contributed by atoms with Crippen LogP contribution in [0.5, 0.6) is 0 Å².